The van der Waals surface area contributed by atoms with Gasteiger partial charge >= 0.3 is 12.2 Å². The number of rotatable bonds is 4. The molecule has 3 aromatic carbocycles. The Morgan fingerprint density at radius 2 is 1.62 bits per heavy atom. The van der Waals surface area contributed by atoms with E-state index >= 15 is 0 Å². The summed E-state index contributed by atoms with van der Waals surface area (Å²) in [6.45, 7) is -0.0417. The van der Waals surface area contributed by atoms with E-state index < -0.39 is 34.9 Å². The number of alkyl halides is 3. The first-order valence-electron chi connectivity index (χ1n) is 13.4. The van der Waals surface area contributed by atoms with Crippen molar-refractivity contribution in [3.8, 4) is 11.1 Å². The number of amides is 3. The zero-order valence-corrected chi connectivity index (χ0v) is 24.4. The monoisotopic (exact) mass is 629 g/mol. The van der Waals surface area contributed by atoms with E-state index in [2.05, 4.69) is 17.4 Å². The minimum Gasteiger partial charge on any atom is -0.448 e. The molecule has 218 valence electrons. The van der Waals surface area contributed by atoms with Crippen LogP contribution in [0.15, 0.2) is 66.7 Å². The lowest BCUT2D eigenvalue weighted by molar-refractivity contribution is 0.0491. The number of hydrogen-bond acceptors (Lipinski definition) is 6. The number of ether oxygens (including phenoxy) is 2. The molecule has 0 aromatic heterocycles. The van der Waals surface area contributed by atoms with Gasteiger partial charge < -0.3 is 19.5 Å². The molecule has 42 heavy (non-hydrogen) atoms. The highest BCUT2D eigenvalue weighted by atomic mass is 35.6. The zero-order chi connectivity index (χ0) is 29.6. The summed E-state index contributed by atoms with van der Waals surface area (Å²) in [6, 6.07) is 19.8. The summed E-state index contributed by atoms with van der Waals surface area (Å²) in [5.41, 5.74) is 4.82. The Kier molecular flexibility index (Phi) is 7.70. The summed E-state index contributed by atoms with van der Waals surface area (Å²) in [6.07, 6.45) is -2.00. The third-order valence-corrected chi connectivity index (χ3v) is 8.13. The van der Waals surface area contributed by atoms with Gasteiger partial charge in [-0.25, -0.2) is 14.5 Å². The number of aliphatic hydroxyl groups excluding tert-OH is 1. The van der Waals surface area contributed by atoms with Crippen LogP contribution in [0, 0.1) is 0 Å². The fraction of sp³-hybridized carbons (Fsp3) is 0.300. The van der Waals surface area contributed by atoms with Crippen molar-refractivity contribution in [2.45, 2.75) is 34.8 Å². The first-order valence-corrected chi connectivity index (χ1v) is 14.5. The Morgan fingerprint density at radius 1 is 0.952 bits per heavy atom. The van der Waals surface area contributed by atoms with Crippen LogP contribution in [0.25, 0.3) is 11.1 Å². The van der Waals surface area contributed by atoms with Crippen LogP contribution < -0.4 is 10.2 Å². The quantitative estimate of drug-likeness (QED) is 0.328. The van der Waals surface area contributed by atoms with Crippen LogP contribution in [0.3, 0.4) is 0 Å². The van der Waals surface area contributed by atoms with Gasteiger partial charge in [-0.15, -0.1) is 0 Å². The summed E-state index contributed by atoms with van der Waals surface area (Å²) in [5.74, 6) is -0.476. The lowest BCUT2D eigenvalue weighted by Crippen LogP contribution is -2.51. The van der Waals surface area contributed by atoms with Crippen LogP contribution in [0.2, 0.25) is 0 Å². The van der Waals surface area contributed by atoms with Gasteiger partial charge in [-0.1, -0.05) is 83.3 Å². The van der Waals surface area contributed by atoms with Crippen LogP contribution >= 0.6 is 34.8 Å². The molecule has 1 saturated heterocycles. The standard InChI is InChI=1S/C30H26Cl3N3O6/c31-30(32,33)16-42-29(40)36-25-14-17(11-12-22(25)26(37)35-13-5-10-24(35)27(36)38)34-28(39)41-15-23-20-8-3-1-6-18(20)19-7-2-4-9-21(19)23/h1-4,6-9,11-12,14,23-24,27,38H,5,10,13,15-16H2,(H,34,39)/t24-,27-/m0/s1. The first-order chi connectivity index (χ1) is 20.1. The van der Waals surface area contributed by atoms with Crippen molar-refractivity contribution in [1.29, 1.82) is 0 Å². The van der Waals surface area contributed by atoms with Crippen molar-refractivity contribution in [3.63, 3.8) is 0 Å². The molecule has 0 unspecified atom stereocenters. The van der Waals surface area contributed by atoms with Gasteiger partial charge in [0, 0.05) is 18.2 Å². The number of carbonyl (C=O) groups excluding carboxylic acids is 3. The van der Waals surface area contributed by atoms with E-state index in [1.54, 1.807) is 0 Å². The van der Waals surface area contributed by atoms with Crippen molar-refractivity contribution in [3.05, 3.63) is 83.4 Å². The van der Waals surface area contributed by atoms with E-state index in [0.29, 0.717) is 19.4 Å². The fourth-order valence-electron chi connectivity index (χ4n) is 5.99. The van der Waals surface area contributed by atoms with Crippen LogP contribution in [0.5, 0.6) is 0 Å². The normalized spacial score (nSPS) is 19.4. The Labute approximate surface area is 256 Å². The molecule has 2 atom stereocenters. The zero-order valence-electron chi connectivity index (χ0n) is 22.1. The average Bonchev–Trinajstić information content (AvgIpc) is 3.56. The second kappa shape index (κ2) is 11.3. The maximum atomic E-state index is 13.4. The number of carbonyl (C=O) groups is 3. The number of halogens is 3. The summed E-state index contributed by atoms with van der Waals surface area (Å²) >= 11 is 17.3. The smallest absolute Gasteiger partial charge is 0.416 e. The SMILES string of the molecule is O=C(Nc1ccc2c(c1)N(C(=O)OCC(Cl)(Cl)Cl)[C@@H](O)[C@@H]1CCCN1C2=O)OCC1c2ccccc2-c2ccccc21. The van der Waals surface area contributed by atoms with Gasteiger partial charge in [0.2, 0.25) is 3.79 Å². The molecule has 0 radical (unpaired) electrons. The second-order valence-corrected chi connectivity index (χ2v) is 12.9. The van der Waals surface area contributed by atoms with Crippen LogP contribution in [-0.4, -0.2) is 63.9 Å². The van der Waals surface area contributed by atoms with Crippen LogP contribution in [0.4, 0.5) is 21.0 Å². The minimum atomic E-state index is -1.88. The molecule has 2 N–H and O–H groups in total. The Hall–Kier alpha value is -3.50. The molecule has 1 aliphatic carbocycles. The number of nitrogens with one attached hydrogen (secondary N) is 1. The molecule has 2 heterocycles. The molecule has 1 fully saturated rings. The minimum absolute atomic E-state index is 0.0488. The van der Waals surface area contributed by atoms with E-state index in [0.717, 1.165) is 27.2 Å². The first kappa shape index (κ1) is 28.6. The van der Waals surface area contributed by atoms with Crippen molar-refractivity contribution in [2.24, 2.45) is 0 Å². The van der Waals surface area contributed by atoms with Gasteiger partial charge in [0.1, 0.15) is 13.2 Å². The predicted octanol–water partition coefficient (Wildman–Crippen LogP) is 6.30. The van der Waals surface area contributed by atoms with Crippen molar-refractivity contribution < 1.29 is 29.0 Å². The highest BCUT2D eigenvalue weighted by molar-refractivity contribution is 6.67. The predicted molar refractivity (Wildman–Crippen MR) is 159 cm³/mol. The Morgan fingerprint density at radius 3 is 2.29 bits per heavy atom. The number of fused-ring (bicyclic) bond motifs is 5. The van der Waals surface area contributed by atoms with E-state index in [1.807, 2.05) is 36.4 Å². The summed E-state index contributed by atoms with van der Waals surface area (Å²) in [4.78, 5) is 42.0. The average molecular weight is 631 g/mol. The van der Waals surface area contributed by atoms with Crippen LogP contribution in [0.1, 0.15) is 40.2 Å². The maximum absolute atomic E-state index is 13.4. The van der Waals surface area contributed by atoms with E-state index in [-0.39, 0.29) is 35.4 Å². The van der Waals surface area contributed by atoms with Gasteiger partial charge in [-0.2, -0.15) is 0 Å². The molecule has 6 rings (SSSR count). The molecule has 2 aliphatic heterocycles. The van der Waals surface area contributed by atoms with E-state index in [4.69, 9.17) is 44.3 Å². The van der Waals surface area contributed by atoms with Gasteiger partial charge in [0.05, 0.1) is 17.3 Å². The second-order valence-electron chi connectivity index (χ2n) is 10.3. The third kappa shape index (κ3) is 5.38. The number of benzene rings is 3. The van der Waals surface area contributed by atoms with E-state index in [9.17, 15) is 19.5 Å². The molecule has 12 heteroatoms. The number of hydrogen-bond donors (Lipinski definition) is 2. The fourth-order valence-corrected chi connectivity index (χ4v) is 6.15. The molecule has 0 spiro atoms. The summed E-state index contributed by atoms with van der Waals surface area (Å²) in [5, 5.41) is 13.9. The molecular weight excluding hydrogens is 605 g/mol. The summed E-state index contributed by atoms with van der Waals surface area (Å²) < 4.78 is 8.94. The lowest BCUT2D eigenvalue weighted by atomic mass is 9.98. The van der Waals surface area contributed by atoms with Gasteiger partial charge in [0.25, 0.3) is 5.91 Å². The maximum Gasteiger partial charge on any atom is 0.416 e. The van der Waals surface area contributed by atoms with E-state index in [1.165, 1.54) is 23.1 Å². The Bertz CT molecular complexity index is 1520. The van der Waals surface area contributed by atoms with Crippen molar-refractivity contribution in [1.82, 2.24) is 4.90 Å². The molecule has 0 bridgehead atoms. The molecule has 3 amide bonds. The highest BCUT2D eigenvalue weighted by Crippen LogP contribution is 2.44. The lowest BCUT2D eigenvalue weighted by Gasteiger charge is -2.32. The third-order valence-electron chi connectivity index (χ3n) is 7.80. The number of anilines is 2. The largest absolute Gasteiger partial charge is 0.448 e. The number of nitrogens with zero attached hydrogens (tertiary/aromatic N) is 2. The van der Waals surface area contributed by atoms with Gasteiger partial charge in [0.15, 0.2) is 6.23 Å². The topological polar surface area (TPSA) is 108 Å². The van der Waals surface area contributed by atoms with Crippen molar-refractivity contribution in [2.75, 3.05) is 30.0 Å². The molecule has 9 nitrogen and oxygen atoms in total. The van der Waals surface area contributed by atoms with Crippen LogP contribution in [-0.2, 0) is 9.47 Å². The molecule has 3 aromatic rings. The Balaban J connectivity index is 1.23. The van der Waals surface area contributed by atoms with Crippen molar-refractivity contribution >= 4 is 64.3 Å². The molecule has 0 saturated carbocycles. The number of aliphatic hydroxyl groups is 1. The summed E-state index contributed by atoms with van der Waals surface area (Å²) in [7, 11) is 0. The molecular formula is C30H26Cl3N3O6. The van der Waals surface area contributed by atoms with Gasteiger partial charge in [-0.3, -0.25) is 10.1 Å². The highest BCUT2D eigenvalue weighted by Gasteiger charge is 2.45. The molecule has 3 aliphatic rings. The van der Waals surface area contributed by atoms with Gasteiger partial charge in [-0.05, 0) is 53.3 Å².